The molecule has 0 saturated carbocycles. The van der Waals surface area contributed by atoms with E-state index in [2.05, 4.69) is 43.1 Å². The van der Waals surface area contributed by atoms with Crippen molar-refractivity contribution in [2.24, 2.45) is 5.92 Å². The van der Waals surface area contributed by atoms with Crippen LogP contribution in [0.4, 0.5) is 0 Å². The Bertz CT molecular complexity index is 223. The Balaban J connectivity index is 2.12. The molecule has 4 nitrogen and oxygen atoms in total. The predicted molar refractivity (Wildman–Crippen MR) is 76.9 cm³/mol. The molecule has 0 aliphatic carbocycles. The van der Waals surface area contributed by atoms with Crippen molar-refractivity contribution in [3.05, 3.63) is 0 Å². The maximum atomic E-state index is 9.95. The molecular weight excluding hydrogens is 226 g/mol. The van der Waals surface area contributed by atoms with Crippen molar-refractivity contribution in [3.63, 3.8) is 0 Å². The fourth-order valence-electron chi connectivity index (χ4n) is 2.61. The van der Waals surface area contributed by atoms with Gasteiger partial charge >= 0.3 is 0 Å². The summed E-state index contributed by atoms with van der Waals surface area (Å²) < 4.78 is 0. The van der Waals surface area contributed by atoms with E-state index in [0.717, 1.165) is 19.6 Å². The van der Waals surface area contributed by atoms with Crippen molar-refractivity contribution in [2.75, 3.05) is 46.8 Å². The van der Waals surface area contributed by atoms with E-state index in [1.54, 1.807) is 0 Å². The Morgan fingerprint density at radius 3 is 2.67 bits per heavy atom. The lowest BCUT2D eigenvalue weighted by atomic mass is 10.2. The molecule has 0 spiro atoms. The van der Waals surface area contributed by atoms with E-state index in [-0.39, 0.29) is 6.10 Å². The van der Waals surface area contributed by atoms with Gasteiger partial charge in [-0.05, 0) is 45.9 Å². The van der Waals surface area contributed by atoms with Crippen LogP contribution in [-0.4, -0.2) is 73.9 Å². The molecule has 0 aromatic rings. The van der Waals surface area contributed by atoms with E-state index in [1.165, 1.54) is 19.4 Å². The quantitative estimate of drug-likeness (QED) is 0.669. The van der Waals surface area contributed by atoms with Gasteiger partial charge in [0.25, 0.3) is 0 Å². The van der Waals surface area contributed by atoms with Crippen molar-refractivity contribution in [2.45, 2.75) is 38.8 Å². The van der Waals surface area contributed by atoms with Gasteiger partial charge in [-0.25, -0.2) is 0 Å². The van der Waals surface area contributed by atoms with Gasteiger partial charge in [-0.15, -0.1) is 0 Å². The Morgan fingerprint density at radius 1 is 1.39 bits per heavy atom. The van der Waals surface area contributed by atoms with Gasteiger partial charge in [-0.1, -0.05) is 13.8 Å². The number of likely N-dealkylation sites (tertiary alicyclic amines) is 1. The lowest BCUT2D eigenvalue weighted by Gasteiger charge is -2.27. The third-order valence-corrected chi connectivity index (χ3v) is 3.65. The van der Waals surface area contributed by atoms with Crippen LogP contribution in [0.2, 0.25) is 0 Å². The SMILES string of the molecule is CC(C)CNCC(O)CN(C)CC1CCCN1C. The standard InChI is InChI=1S/C14H31N3O/c1-12(2)8-15-9-14(18)11-16(3)10-13-6-5-7-17(13)4/h12-15,18H,5-11H2,1-4H3. The van der Waals surface area contributed by atoms with Gasteiger partial charge in [0.05, 0.1) is 6.10 Å². The molecule has 0 aromatic carbocycles. The second-order valence-corrected chi connectivity index (χ2v) is 6.20. The Morgan fingerprint density at radius 2 is 2.11 bits per heavy atom. The van der Waals surface area contributed by atoms with Gasteiger partial charge in [-0.3, -0.25) is 0 Å². The van der Waals surface area contributed by atoms with Crippen LogP contribution in [0.25, 0.3) is 0 Å². The predicted octanol–water partition coefficient (Wildman–Crippen LogP) is 0.619. The van der Waals surface area contributed by atoms with Crippen LogP contribution in [0.3, 0.4) is 0 Å². The first-order valence-corrected chi connectivity index (χ1v) is 7.26. The molecule has 2 atom stereocenters. The van der Waals surface area contributed by atoms with Gasteiger partial charge in [-0.2, -0.15) is 0 Å². The van der Waals surface area contributed by atoms with Crippen LogP contribution >= 0.6 is 0 Å². The van der Waals surface area contributed by atoms with E-state index in [9.17, 15) is 5.11 Å². The first-order chi connectivity index (χ1) is 8.49. The monoisotopic (exact) mass is 257 g/mol. The smallest absolute Gasteiger partial charge is 0.0791 e. The van der Waals surface area contributed by atoms with Crippen molar-refractivity contribution in [1.82, 2.24) is 15.1 Å². The molecule has 2 unspecified atom stereocenters. The summed E-state index contributed by atoms with van der Waals surface area (Å²) in [5.74, 6) is 0.641. The molecule has 1 aliphatic rings. The van der Waals surface area contributed by atoms with Crippen LogP contribution in [-0.2, 0) is 0 Å². The van der Waals surface area contributed by atoms with Crippen molar-refractivity contribution < 1.29 is 5.11 Å². The van der Waals surface area contributed by atoms with Crippen LogP contribution in [0.1, 0.15) is 26.7 Å². The number of nitrogens with one attached hydrogen (secondary N) is 1. The summed E-state index contributed by atoms with van der Waals surface area (Å²) in [7, 11) is 4.31. The number of aliphatic hydroxyl groups is 1. The number of hydrogen-bond acceptors (Lipinski definition) is 4. The van der Waals surface area contributed by atoms with Gasteiger partial charge in [0, 0.05) is 25.7 Å². The highest BCUT2D eigenvalue weighted by Crippen LogP contribution is 2.15. The fourth-order valence-corrected chi connectivity index (χ4v) is 2.61. The summed E-state index contributed by atoms with van der Waals surface area (Å²) in [4.78, 5) is 4.69. The molecule has 1 heterocycles. The molecule has 1 aliphatic heterocycles. The third-order valence-electron chi connectivity index (χ3n) is 3.65. The van der Waals surface area contributed by atoms with Gasteiger partial charge in [0.1, 0.15) is 0 Å². The van der Waals surface area contributed by atoms with Crippen molar-refractivity contribution >= 4 is 0 Å². The Labute approximate surface area is 112 Å². The number of nitrogens with zero attached hydrogens (tertiary/aromatic N) is 2. The summed E-state index contributed by atoms with van der Waals surface area (Å²) in [6, 6.07) is 0.672. The average Bonchev–Trinajstić information content (AvgIpc) is 2.63. The van der Waals surface area contributed by atoms with Crippen molar-refractivity contribution in [3.8, 4) is 0 Å². The molecule has 108 valence electrons. The topological polar surface area (TPSA) is 38.7 Å². The number of aliphatic hydroxyl groups excluding tert-OH is 1. The van der Waals surface area contributed by atoms with Crippen molar-refractivity contribution in [1.29, 1.82) is 0 Å². The molecule has 1 rings (SSSR count). The van der Waals surface area contributed by atoms with E-state index in [1.807, 2.05) is 0 Å². The molecule has 1 fully saturated rings. The number of hydrogen-bond donors (Lipinski definition) is 2. The Hall–Kier alpha value is -0.160. The molecule has 18 heavy (non-hydrogen) atoms. The lowest BCUT2D eigenvalue weighted by Crippen LogP contribution is -2.42. The maximum Gasteiger partial charge on any atom is 0.0791 e. The summed E-state index contributed by atoms with van der Waals surface area (Å²) in [6.07, 6.45) is 2.34. The molecule has 0 bridgehead atoms. The minimum Gasteiger partial charge on any atom is -0.390 e. The normalized spacial score (nSPS) is 23.2. The molecule has 0 amide bonds. The first-order valence-electron chi connectivity index (χ1n) is 7.26. The third kappa shape index (κ3) is 6.14. The minimum atomic E-state index is -0.263. The molecule has 4 heteroatoms. The molecule has 1 saturated heterocycles. The zero-order valence-corrected chi connectivity index (χ0v) is 12.5. The first kappa shape index (κ1) is 15.9. The zero-order valence-electron chi connectivity index (χ0n) is 12.5. The second kappa shape index (κ2) is 8.10. The highest BCUT2D eigenvalue weighted by atomic mass is 16.3. The summed E-state index contributed by atoms with van der Waals surface area (Å²) in [5, 5.41) is 13.3. The second-order valence-electron chi connectivity index (χ2n) is 6.20. The highest BCUT2D eigenvalue weighted by molar-refractivity contribution is 4.79. The fraction of sp³-hybridized carbons (Fsp3) is 1.00. The molecule has 0 aromatic heterocycles. The van der Waals surface area contributed by atoms with Gasteiger partial charge in [0.15, 0.2) is 0 Å². The van der Waals surface area contributed by atoms with Crippen LogP contribution < -0.4 is 5.32 Å². The summed E-state index contributed by atoms with van der Waals surface area (Å²) >= 11 is 0. The minimum absolute atomic E-state index is 0.263. The van der Waals surface area contributed by atoms with Crippen LogP contribution in [0.15, 0.2) is 0 Å². The number of likely N-dealkylation sites (N-methyl/N-ethyl adjacent to an activating group) is 2. The Kier molecular flexibility index (Phi) is 7.15. The van der Waals surface area contributed by atoms with E-state index >= 15 is 0 Å². The summed E-state index contributed by atoms with van der Waals surface area (Å²) in [5.41, 5.74) is 0. The lowest BCUT2D eigenvalue weighted by molar-refractivity contribution is 0.110. The largest absolute Gasteiger partial charge is 0.390 e. The van der Waals surface area contributed by atoms with Crippen LogP contribution in [0, 0.1) is 5.92 Å². The number of rotatable bonds is 8. The molecular formula is C14H31N3O. The van der Waals surface area contributed by atoms with E-state index in [4.69, 9.17) is 0 Å². The van der Waals surface area contributed by atoms with E-state index in [0.29, 0.717) is 18.5 Å². The average molecular weight is 257 g/mol. The molecule has 2 N–H and O–H groups in total. The highest BCUT2D eigenvalue weighted by Gasteiger charge is 2.22. The van der Waals surface area contributed by atoms with Gasteiger partial charge < -0.3 is 20.2 Å². The van der Waals surface area contributed by atoms with Gasteiger partial charge in [0.2, 0.25) is 0 Å². The maximum absolute atomic E-state index is 9.95. The van der Waals surface area contributed by atoms with E-state index < -0.39 is 0 Å². The summed E-state index contributed by atoms with van der Waals surface area (Å²) in [6.45, 7) is 9.09. The zero-order chi connectivity index (χ0) is 13.5. The molecule has 0 radical (unpaired) electrons. The van der Waals surface area contributed by atoms with Crippen LogP contribution in [0.5, 0.6) is 0 Å².